The van der Waals surface area contributed by atoms with Gasteiger partial charge in [0.2, 0.25) is 0 Å². The maximum absolute atomic E-state index is 10.2. The van der Waals surface area contributed by atoms with Crippen molar-refractivity contribution < 1.29 is 19.7 Å². The number of nitrogens with one attached hydrogen (secondary N) is 1. The fourth-order valence-corrected chi connectivity index (χ4v) is 5.11. The summed E-state index contributed by atoms with van der Waals surface area (Å²) >= 11 is 0. The van der Waals surface area contributed by atoms with Crippen molar-refractivity contribution in [3.63, 3.8) is 0 Å². The summed E-state index contributed by atoms with van der Waals surface area (Å²) in [6, 6.07) is 15.3. The van der Waals surface area contributed by atoms with Gasteiger partial charge in [0, 0.05) is 12.8 Å². The van der Waals surface area contributed by atoms with E-state index in [2.05, 4.69) is 47.8 Å². The highest BCUT2D eigenvalue weighted by molar-refractivity contribution is 5.41. The maximum Gasteiger partial charge on any atom is 0.119 e. The van der Waals surface area contributed by atoms with E-state index in [4.69, 9.17) is 9.47 Å². The summed E-state index contributed by atoms with van der Waals surface area (Å²) in [5.41, 5.74) is 5.17. The first-order valence-corrected chi connectivity index (χ1v) is 12.2. The first-order chi connectivity index (χ1) is 15.7. The minimum absolute atomic E-state index is 0.0492. The molecule has 3 fully saturated rings. The number of hydrogen-bond acceptors (Lipinski definition) is 5. The van der Waals surface area contributed by atoms with E-state index in [1.165, 1.54) is 29.5 Å². The molecule has 32 heavy (non-hydrogen) atoms. The molecule has 2 aromatic rings. The second kappa shape index (κ2) is 9.92. The lowest BCUT2D eigenvalue weighted by atomic mass is 9.90. The summed E-state index contributed by atoms with van der Waals surface area (Å²) in [7, 11) is 0. The molecule has 2 aliphatic heterocycles. The van der Waals surface area contributed by atoms with Gasteiger partial charge in [0.1, 0.15) is 11.9 Å². The van der Waals surface area contributed by atoms with Gasteiger partial charge in [0.25, 0.3) is 0 Å². The van der Waals surface area contributed by atoms with Crippen LogP contribution in [0.15, 0.2) is 42.5 Å². The van der Waals surface area contributed by atoms with Crippen LogP contribution >= 0.6 is 0 Å². The van der Waals surface area contributed by atoms with E-state index in [-0.39, 0.29) is 18.8 Å². The van der Waals surface area contributed by atoms with Gasteiger partial charge in [-0.2, -0.15) is 0 Å². The van der Waals surface area contributed by atoms with Crippen LogP contribution in [-0.4, -0.2) is 48.2 Å². The molecule has 0 aromatic heterocycles. The summed E-state index contributed by atoms with van der Waals surface area (Å²) < 4.78 is 12.2. The molecule has 172 valence electrons. The molecular weight excluding hydrogens is 402 g/mol. The summed E-state index contributed by atoms with van der Waals surface area (Å²) in [6.45, 7) is 2.01. The molecule has 0 bridgehead atoms. The van der Waals surface area contributed by atoms with Gasteiger partial charge in [-0.05, 0) is 85.5 Å². The molecule has 0 radical (unpaired) electrons. The SMILES string of the molecule is OC[C@@H]1C[C@H](O)C[C@H](c2ccc(C3CC3)c(Cc3ccc(OC4CCNCC4)cc3)c2)O1. The van der Waals surface area contributed by atoms with Gasteiger partial charge in [-0.1, -0.05) is 30.3 Å². The van der Waals surface area contributed by atoms with Gasteiger partial charge >= 0.3 is 0 Å². The molecule has 5 nitrogen and oxygen atoms in total. The van der Waals surface area contributed by atoms with Crippen LogP contribution in [0, 0.1) is 0 Å². The van der Waals surface area contributed by atoms with Crippen LogP contribution in [0.2, 0.25) is 0 Å². The Kier molecular flexibility index (Phi) is 6.79. The van der Waals surface area contributed by atoms with Crippen LogP contribution in [0.3, 0.4) is 0 Å². The number of ether oxygens (including phenoxy) is 2. The molecule has 2 saturated heterocycles. The fourth-order valence-electron chi connectivity index (χ4n) is 5.11. The standard InChI is InChI=1S/C27H35NO4/c29-17-25-15-22(30)16-27(32-25)20-5-8-26(19-3-4-19)21(14-20)13-18-1-6-23(7-2-18)31-24-9-11-28-12-10-24/h1-2,5-8,14,19,22,24-25,27-30H,3-4,9-13,15-17H2/t22-,25-,27+/m0/s1. The van der Waals surface area contributed by atoms with Crippen molar-refractivity contribution in [2.24, 2.45) is 0 Å². The molecule has 3 N–H and O–H groups in total. The van der Waals surface area contributed by atoms with Gasteiger partial charge in [0.05, 0.1) is 24.9 Å². The van der Waals surface area contributed by atoms with Crippen molar-refractivity contribution in [2.75, 3.05) is 19.7 Å². The maximum atomic E-state index is 10.2. The Balaban J connectivity index is 1.31. The summed E-state index contributed by atoms with van der Waals surface area (Å²) in [5.74, 6) is 1.63. The van der Waals surface area contributed by atoms with E-state index in [9.17, 15) is 10.2 Å². The average molecular weight is 438 g/mol. The quantitative estimate of drug-likeness (QED) is 0.614. The van der Waals surface area contributed by atoms with Crippen molar-refractivity contribution in [1.82, 2.24) is 5.32 Å². The number of benzene rings is 2. The largest absolute Gasteiger partial charge is 0.490 e. The van der Waals surface area contributed by atoms with Crippen molar-refractivity contribution in [1.29, 1.82) is 0 Å². The fraction of sp³-hybridized carbons (Fsp3) is 0.556. The van der Waals surface area contributed by atoms with Crippen molar-refractivity contribution >= 4 is 0 Å². The third-order valence-electron chi connectivity index (χ3n) is 7.04. The molecule has 0 spiro atoms. The first-order valence-electron chi connectivity index (χ1n) is 12.2. The Bertz CT molecular complexity index is 889. The van der Waals surface area contributed by atoms with Crippen molar-refractivity contribution in [2.45, 2.75) is 75.3 Å². The van der Waals surface area contributed by atoms with Crippen LogP contribution in [0.4, 0.5) is 0 Å². The topological polar surface area (TPSA) is 71.0 Å². The number of piperidine rings is 1. The zero-order chi connectivity index (χ0) is 21.9. The molecule has 5 heteroatoms. The van der Waals surface area contributed by atoms with Gasteiger partial charge in [0.15, 0.2) is 0 Å². The van der Waals surface area contributed by atoms with Crippen molar-refractivity contribution in [3.8, 4) is 5.75 Å². The Morgan fingerprint density at radius 2 is 1.75 bits per heavy atom. The van der Waals surface area contributed by atoms with E-state index in [0.717, 1.165) is 43.7 Å². The number of rotatable bonds is 7. The second-order valence-electron chi connectivity index (χ2n) is 9.67. The Labute approximate surface area is 190 Å². The van der Waals surface area contributed by atoms with Crippen LogP contribution in [0.1, 0.15) is 72.8 Å². The monoisotopic (exact) mass is 437 g/mol. The highest BCUT2D eigenvalue weighted by Crippen LogP contribution is 2.43. The van der Waals surface area contributed by atoms with Gasteiger partial charge in [-0.25, -0.2) is 0 Å². The summed E-state index contributed by atoms with van der Waals surface area (Å²) in [6.07, 6.45) is 6.06. The van der Waals surface area contributed by atoms with E-state index in [1.807, 2.05) is 0 Å². The predicted molar refractivity (Wildman–Crippen MR) is 124 cm³/mol. The van der Waals surface area contributed by atoms with Crippen LogP contribution in [-0.2, 0) is 11.2 Å². The minimum atomic E-state index is -0.426. The van der Waals surface area contributed by atoms with E-state index >= 15 is 0 Å². The highest BCUT2D eigenvalue weighted by atomic mass is 16.5. The average Bonchev–Trinajstić information content (AvgIpc) is 3.66. The molecule has 3 aliphatic rings. The number of aliphatic hydroxyl groups is 2. The molecule has 2 heterocycles. The van der Waals surface area contributed by atoms with Crippen molar-refractivity contribution in [3.05, 3.63) is 64.7 Å². The van der Waals surface area contributed by atoms with E-state index in [0.29, 0.717) is 24.9 Å². The lowest BCUT2D eigenvalue weighted by Crippen LogP contribution is -2.34. The molecule has 0 amide bonds. The molecule has 1 saturated carbocycles. The lowest BCUT2D eigenvalue weighted by molar-refractivity contribution is -0.113. The molecule has 0 unspecified atom stereocenters. The summed E-state index contributed by atoms with van der Waals surface area (Å²) in [4.78, 5) is 0. The molecule has 2 aromatic carbocycles. The Morgan fingerprint density at radius 1 is 0.969 bits per heavy atom. The Morgan fingerprint density at radius 3 is 2.47 bits per heavy atom. The predicted octanol–water partition coefficient (Wildman–Crippen LogP) is 3.86. The normalized spacial score (nSPS) is 26.8. The van der Waals surface area contributed by atoms with Gasteiger partial charge in [-0.15, -0.1) is 0 Å². The zero-order valence-corrected chi connectivity index (χ0v) is 18.7. The van der Waals surface area contributed by atoms with E-state index in [1.54, 1.807) is 0 Å². The second-order valence-corrected chi connectivity index (χ2v) is 9.67. The van der Waals surface area contributed by atoms with Gasteiger partial charge in [-0.3, -0.25) is 0 Å². The highest BCUT2D eigenvalue weighted by Gasteiger charge is 2.31. The molecule has 5 rings (SSSR count). The molecule has 3 atom stereocenters. The third kappa shape index (κ3) is 5.34. The van der Waals surface area contributed by atoms with Crippen LogP contribution in [0.25, 0.3) is 0 Å². The number of hydrogen-bond donors (Lipinski definition) is 3. The minimum Gasteiger partial charge on any atom is -0.490 e. The van der Waals surface area contributed by atoms with E-state index < -0.39 is 6.10 Å². The zero-order valence-electron chi connectivity index (χ0n) is 18.7. The summed E-state index contributed by atoms with van der Waals surface area (Å²) in [5, 5.41) is 23.1. The van der Waals surface area contributed by atoms with Gasteiger partial charge < -0.3 is 25.0 Å². The third-order valence-corrected chi connectivity index (χ3v) is 7.04. The number of aliphatic hydroxyl groups excluding tert-OH is 2. The lowest BCUT2D eigenvalue weighted by Gasteiger charge is -2.33. The van der Waals surface area contributed by atoms with Crippen LogP contribution in [0.5, 0.6) is 5.75 Å². The molecule has 1 aliphatic carbocycles. The molecular formula is C27H35NO4. The Hall–Kier alpha value is -1.92. The smallest absolute Gasteiger partial charge is 0.119 e. The first kappa shape index (κ1) is 21.9. The van der Waals surface area contributed by atoms with Crippen LogP contribution < -0.4 is 10.1 Å².